The molecule has 0 aliphatic rings. The van der Waals surface area contributed by atoms with Crippen LogP contribution in [0.25, 0.3) is 0 Å². The third kappa shape index (κ3) is 7.18. The summed E-state index contributed by atoms with van der Waals surface area (Å²) in [7, 11) is 0. The van der Waals surface area contributed by atoms with Gasteiger partial charge in [-0.3, -0.25) is 9.59 Å². The summed E-state index contributed by atoms with van der Waals surface area (Å²) in [5.41, 5.74) is 1.69. The Balaban J connectivity index is 2.51. The molecule has 0 fully saturated rings. The number of benzene rings is 1. The zero-order valence-electron chi connectivity index (χ0n) is 13.0. The smallest absolute Gasteiger partial charge is 0.306 e. The summed E-state index contributed by atoms with van der Waals surface area (Å²) in [6.07, 6.45) is 0.490. The van der Waals surface area contributed by atoms with Gasteiger partial charge in [-0.25, -0.2) is 0 Å². The SMILES string of the molecule is CC(Cc1ccc(NC(=O)CSC(C)(C)C)cc1)C(=O)O. The van der Waals surface area contributed by atoms with Crippen LogP contribution in [0.5, 0.6) is 0 Å². The zero-order chi connectivity index (χ0) is 16.0. The number of hydrogen-bond donors (Lipinski definition) is 2. The summed E-state index contributed by atoms with van der Waals surface area (Å²) in [4.78, 5) is 22.6. The number of anilines is 1. The number of carboxylic acid groups (broad SMARTS) is 1. The minimum absolute atomic E-state index is 0.0263. The van der Waals surface area contributed by atoms with Crippen molar-refractivity contribution < 1.29 is 14.7 Å². The Kier molecular flexibility index (Phi) is 6.27. The van der Waals surface area contributed by atoms with Crippen molar-refractivity contribution in [3.63, 3.8) is 0 Å². The minimum Gasteiger partial charge on any atom is -0.481 e. The molecular weight excluding hydrogens is 286 g/mol. The van der Waals surface area contributed by atoms with Crippen LogP contribution < -0.4 is 5.32 Å². The van der Waals surface area contributed by atoms with Gasteiger partial charge in [-0.05, 0) is 24.1 Å². The number of carbonyl (C=O) groups is 2. The van der Waals surface area contributed by atoms with Crippen molar-refractivity contribution in [2.75, 3.05) is 11.1 Å². The average Bonchev–Trinajstić information content (AvgIpc) is 2.38. The third-order valence-electron chi connectivity index (χ3n) is 2.84. The molecule has 0 aromatic heterocycles. The number of carboxylic acids is 1. The van der Waals surface area contributed by atoms with Gasteiger partial charge in [0, 0.05) is 10.4 Å². The maximum atomic E-state index is 11.8. The van der Waals surface area contributed by atoms with Gasteiger partial charge < -0.3 is 10.4 Å². The molecule has 0 saturated heterocycles. The van der Waals surface area contributed by atoms with Crippen LogP contribution in [0, 0.1) is 5.92 Å². The number of hydrogen-bond acceptors (Lipinski definition) is 3. The fraction of sp³-hybridized carbons (Fsp3) is 0.500. The van der Waals surface area contributed by atoms with Crippen molar-refractivity contribution in [2.24, 2.45) is 5.92 Å². The van der Waals surface area contributed by atoms with Crippen molar-refractivity contribution in [1.29, 1.82) is 0 Å². The molecule has 0 aliphatic carbocycles. The van der Waals surface area contributed by atoms with Crippen molar-refractivity contribution in [3.05, 3.63) is 29.8 Å². The van der Waals surface area contributed by atoms with Crippen LogP contribution in [0.3, 0.4) is 0 Å². The van der Waals surface area contributed by atoms with Gasteiger partial charge in [0.1, 0.15) is 0 Å². The highest BCUT2D eigenvalue weighted by Gasteiger charge is 2.14. The van der Waals surface area contributed by atoms with Gasteiger partial charge in [-0.1, -0.05) is 39.8 Å². The molecule has 0 radical (unpaired) electrons. The number of rotatable bonds is 6. The fourth-order valence-electron chi connectivity index (χ4n) is 1.64. The van der Waals surface area contributed by atoms with Gasteiger partial charge >= 0.3 is 5.97 Å². The topological polar surface area (TPSA) is 66.4 Å². The average molecular weight is 309 g/mol. The molecular formula is C16H23NO3S. The van der Waals surface area contributed by atoms with Gasteiger partial charge in [0.2, 0.25) is 5.91 Å². The number of carbonyl (C=O) groups excluding carboxylic acids is 1. The number of nitrogens with one attached hydrogen (secondary N) is 1. The summed E-state index contributed by atoms with van der Waals surface area (Å²) < 4.78 is 0.0637. The first-order chi connectivity index (χ1) is 9.67. The van der Waals surface area contributed by atoms with Gasteiger partial charge in [0.15, 0.2) is 0 Å². The number of thioether (sulfide) groups is 1. The first kappa shape index (κ1) is 17.6. The predicted molar refractivity (Wildman–Crippen MR) is 87.8 cm³/mol. The molecule has 1 atom stereocenters. The van der Waals surface area contributed by atoms with Gasteiger partial charge in [-0.2, -0.15) is 0 Å². The lowest BCUT2D eigenvalue weighted by Gasteiger charge is -2.17. The number of amides is 1. The molecule has 2 N–H and O–H groups in total. The van der Waals surface area contributed by atoms with Crippen LogP contribution in [0.15, 0.2) is 24.3 Å². The first-order valence-corrected chi connectivity index (χ1v) is 7.91. The standard InChI is InChI=1S/C16H23NO3S/c1-11(15(19)20)9-12-5-7-13(8-6-12)17-14(18)10-21-16(2,3)4/h5-8,11H,9-10H2,1-4H3,(H,17,18)(H,19,20). The molecule has 4 nitrogen and oxygen atoms in total. The largest absolute Gasteiger partial charge is 0.481 e. The van der Waals surface area contributed by atoms with Gasteiger partial charge in [0.25, 0.3) is 0 Å². The van der Waals surface area contributed by atoms with E-state index in [1.54, 1.807) is 18.7 Å². The highest BCUT2D eigenvalue weighted by atomic mass is 32.2. The van der Waals surface area contributed by atoms with Crippen molar-refractivity contribution in [1.82, 2.24) is 0 Å². The molecule has 1 aromatic carbocycles. The summed E-state index contributed by atoms with van der Waals surface area (Å²) in [5.74, 6) is -0.816. The van der Waals surface area contributed by atoms with Gasteiger partial charge in [-0.15, -0.1) is 11.8 Å². The Morgan fingerprint density at radius 2 is 1.81 bits per heavy atom. The molecule has 0 heterocycles. The van der Waals surface area contributed by atoms with Crippen LogP contribution in [0.2, 0.25) is 0 Å². The molecule has 1 amide bonds. The van der Waals surface area contributed by atoms with E-state index in [-0.39, 0.29) is 10.7 Å². The molecule has 0 saturated carbocycles. The molecule has 0 spiro atoms. The van der Waals surface area contributed by atoms with Crippen LogP contribution in [0.1, 0.15) is 33.3 Å². The predicted octanol–water partition coefficient (Wildman–Crippen LogP) is 3.42. The van der Waals surface area contributed by atoms with Crippen molar-refractivity contribution in [2.45, 2.75) is 38.9 Å². The van der Waals surface area contributed by atoms with E-state index < -0.39 is 11.9 Å². The lowest BCUT2D eigenvalue weighted by molar-refractivity contribution is -0.141. The Morgan fingerprint density at radius 3 is 2.29 bits per heavy atom. The van der Waals surface area contributed by atoms with Gasteiger partial charge in [0.05, 0.1) is 11.7 Å². The fourth-order valence-corrected chi connectivity index (χ4v) is 2.28. The Hall–Kier alpha value is -1.49. The molecule has 21 heavy (non-hydrogen) atoms. The van der Waals surface area contributed by atoms with E-state index in [1.165, 1.54) is 0 Å². The van der Waals surface area contributed by atoms with Crippen LogP contribution in [0.4, 0.5) is 5.69 Å². The second-order valence-electron chi connectivity index (χ2n) is 6.09. The molecule has 0 aliphatic heterocycles. The highest BCUT2D eigenvalue weighted by molar-refractivity contribution is 8.01. The maximum absolute atomic E-state index is 11.8. The van der Waals surface area contributed by atoms with E-state index in [4.69, 9.17) is 5.11 Å². The highest BCUT2D eigenvalue weighted by Crippen LogP contribution is 2.23. The van der Waals surface area contributed by atoms with E-state index >= 15 is 0 Å². The third-order valence-corrected chi connectivity index (χ3v) is 4.11. The van der Waals surface area contributed by atoms with E-state index in [2.05, 4.69) is 26.1 Å². The molecule has 116 valence electrons. The van der Waals surface area contributed by atoms with Crippen molar-refractivity contribution in [3.8, 4) is 0 Å². The summed E-state index contributed by atoms with van der Waals surface area (Å²) in [6.45, 7) is 7.90. The zero-order valence-corrected chi connectivity index (χ0v) is 13.8. The van der Waals surface area contributed by atoms with E-state index in [0.717, 1.165) is 11.3 Å². The van der Waals surface area contributed by atoms with Crippen LogP contribution in [-0.2, 0) is 16.0 Å². The Bertz CT molecular complexity index is 491. The summed E-state index contributed by atoms with van der Waals surface area (Å²) >= 11 is 1.60. The van der Waals surface area contributed by atoms with E-state index in [9.17, 15) is 9.59 Å². The quantitative estimate of drug-likeness (QED) is 0.845. The minimum atomic E-state index is -0.799. The molecule has 1 unspecified atom stereocenters. The van der Waals surface area contributed by atoms with Crippen molar-refractivity contribution >= 4 is 29.3 Å². The second kappa shape index (κ2) is 7.50. The summed E-state index contributed by atoms with van der Waals surface area (Å²) in [6, 6.07) is 7.32. The number of aliphatic carboxylic acids is 1. The molecule has 1 aromatic rings. The lowest BCUT2D eigenvalue weighted by Crippen LogP contribution is -2.19. The van der Waals surface area contributed by atoms with Crippen LogP contribution >= 0.6 is 11.8 Å². The second-order valence-corrected chi connectivity index (χ2v) is 7.89. The van der Waals surface area contributed by atoms with E-state index in [1.807, 2.05) is 24.3 Å². The summed E-state index contributed by atoms with van der Waals surface area (Å²) in [5, 5.41) is 11.7. The Morgan fingerprint density at radius 1 is 1.24 bits per heavy atom. The molecule has 0 bridgehead atoms. The lowest BCUT2D eigenvalue weighted by atomic mass is 10.0. The monoisotopic (exact) mass is 309 g/mol. The molecule has 1 rings (SSSR count). The Labute approximate surface area is 130 Å². The first-order valence-electron chi connectivity index (χ1n) is 6.93. The van der Waals surface area contributed by atoms with E-state index in [0.29, 0.717) is 12.2 Å². The molecule has 5 heteroatoms. The van der Waals surface area contributed by atoms with Crippen LogP contribution in [-0.4, -0.2) is 27.5 Å². The normalized spacial score (nSPS) is 12.8. The maximum Gasteiger partial charge on any atom is 0.306 e.